The second-order valence-electron chi connectivity index (χ2n) is 6.41. The number of pyridine rings is 1. The van der Waals surface area contributed by atoms with E-state index in [0.717, 1.165) is 22.2 Å². The highest BCUT2D eigenvalue weighted by atomic mass is 16.5. The molecular weight excluding hydrogens is 356 g/mol. The summed E-state index contributed by atoms with van der Waals surface area (Å²) in [7, 11) is 1.65. The first kappa shape index (κ1) is 17.8. The summed E-state index contributed by atoms with van der Waals surface area (Å²) in [6.45, 7) is 2.20. The predicted molar refractivity (Wildman–Crippen MR) is 105 cm³/mol. The van der Waals surface area contributed by atoms with Crippen LogP contribution in [0, 0.1) is 6.92 Å². The van der Waals surface area contributed by atoms with E-state index in [4.69, 9.17) is 9.26 Å². The first-order chi connectivity index (χ1) is 13.7. The molecule has 0 saturated heterocycles. The standard InChI is InChI=1S/C21H20N4O3/c1-13-19(20(25-28-13)18-5-3-4-9-22-18)21(26)23-10-8-14-12-24-17-7-6-15(27-2)11-16(14)17/h3-7,9,11-12,24H,8,10H2,1-2H3,(H,23,26). The zero-order chi connectivity index (χ0) is 19.5. The lowest BCUT2D eigenvalue weighted by molar-refractivity contribution is 0.0953. The number of aromatic nitrogens is 3. The van der Waals surface area contributed by atoms with Crippen LogP contribution in [0.15, 0.2) is 53.3 Å². The van der Waals surface area contributed by atoms with Crippen LogP contribution in [0.1, 0.15) is 21.7 Å². The van der Waals surface area contributed by atoms with Crippen molar-refractivity contribution >= 4 is 16.8 Å². The molecule has 0 fully saturated rings. The molecule has 3 aromatic heterocycles. The summed E-state index contributed by atoms with van der Waals surface area (Å²) in [5.74, 6) is 1.05. The van der Waals surface area contributed by atoms with E-state index in [1.54, 1.807) is 26.3 Å². The number of carbonyl (C=O) groups excluding carboxylic acids is 1. The Morgan fingerprint density at radius 1 is 1.29 bits per heavy atom. The molecule has 7 heteroatoms. The molecule has 4 rings (SSSR count). The molecule has 4 aromatic rings. The van der Waals surface area contributed by atoms with Crippen LogP contribution in [0.2, 0.25) is 0 Å². The van der Waals surface area contributed by atoms with Gasteiger partial charge in [-0.25, -0.2) is 0 Å². The summed E-state index contributed by atoms with van der Waals surface area (Å²) in [4.78, 5) is 20.2. The van der Waals surface area contributed by atoms with Gasteiger partial charge in [0, 0.05) is 29.8 Å². The first-order valence-electron chi connectivity index (χ1n) is 8.97. The van der Waals surface area contributed by atoms with Crippen LogP contribution in [-0.4, -0.2) is 34.7 Å². The smallest absolute Gasteiger partial charge is 0.257 e. The minimum absolute atomic E-state index is 0.225. The monoisotopic (exact) mass is 376 g/mol. The van der Waals surface area contributed by atoms with Gasteiger partial charge in [0.15, 0.2) is 0 Å². The maximum absolute atomic E-state index is 12.7. The molecule has 0 unspecified atom stereocenters. The molecule has 1 aromatic carbocycles. The van der Waals surface area contributed by atoms with E-state index in [1.807, 2.05) is 36.5 Å². The largest absolute Gasteiger partial charge is 0.497 e. The Balaban J connectivity index is 1.48. The molecule has 0 atom stereocenters. The van der Waals surface area contributed by atoms with Gasteiger partial charge in [-0.15, -0.1) is 0 Å². The number of aromatic amines is 1. The number of H-pyrrole nitrogens is 1. The van der Waals surface area contributed by atoms with Gasteiger partial charge in [0.25, 0.3) is 5.91 Å². The average Bonchev–Trinajstić information content (AvgIpc) is 3.31. The van der Waals surface area contributed by atoms with Gasteiger partial charge in [-0.3, -0.25) is 9.78 Å². The van der Waals surface area contributed by atoms with Crippen LogP contribution in [0.5, 0.6) is 5.75 Å². The molecule has 2 N–H and O–H groups in total. The Kier molecular flexibility index (Phi) is 4.80. The van der Waals surface area contributed by atoms with Gasteiger partial charge in [-0.05, 0) is 49.2 Å². The summed E-state index contributed by atoms with van der Waals surface area (Å²) in [5.41, 5.74) is 3.62. The topological polar surface area (TPSA) is 93.0 Å². The van der Waals surface area contributed by atoms with Gasteiger partial charge in [0.2, 0.25) is 0 Å². The van der Waals surface area contributed by atoms with Crippen LogP contribution in [0.25, 0.3) is 22.3 Å². The molecule has 28 heavy (non-hydrogen) atoms. The van der Waals surface area contributed by atoms with Gasteiger partial charge >= 0.3 is 0 Å². The average molecular weight is 376 g/mol. The fourth-order valence-electron chi connectivity index (χ4n) is 3.21. The molecule has 0 radical (unpaired) electrons. The minimum Gasteiger partial charge on any atom is -0.497 e. The van der Waals surface area contributed by atoms with Crippen molar-refractivity contribution in [1.29, 1.82) is 0 Å². The fraction of sp³-hybridized carbons (Fsp3) is 0.190. The molecule has 1 amide bonds. The fourth-order valence-corrected chi connectivity index (χ4v) is 3.21. The van der Waals surface area contributed by atoms with Crippen LogP contribution in [0.4, 0.5) is 0 Å². The van der Waals surface area contributed by atoms with Crippen molar-refractivity contribution in [3.63, 3.8) is 0 Å². The summed E-state index contributed by atoms with van der Waals surface area (Å²) in [5, 5.41) is 8.05. The van der Waals surface area contributed by atoms with Crippen molar-refractivity contribution in [3.05, 3.63) is 65.7 Å². The SMILES string of the molecule is COc1ccc2[nH]cc(CCNC(=O)c3c(-c4ccccn4)noc3C)c2c1. The second kappa shape index (κ2) is 7.56. The van der Waals surface area contributed by atoms with Gasteiger partial charge in [-0.1, -0.05) is 11.2 Å². The highest BCUT2D eigenvalue weighted by Crippen LogP contribution is 2.25. The zero-order valence-corrected chi connectivity index (χ0v) is 15.7. The van der Waals surface area contributed by atoms with Gasteiger partial charge < -0.3 is 19.6 Å². The number of methoxy groups -OCH3 is 1. The van der Waals surface area contributed by atoms with Gasteiger partial charge in [0.1, 0.15) is 22.8 Å². The number of amides is 1. The molecule has 0 spiro atoms. The minimum atomic E-state index is -0.225. The van der Waals surface area contributed by atoms with Crippen molar-refractivity contribution in [1.82, 2.24) is 20.4 Å². The van der Waals surface area contributed by atoms with Crippen molar-refractivity contribution < 1.29 is 14.1 Å². The van der Waals surface area contributed by atoms with Crippen molar-refractivity contribution in [3.8, 4) is 17.1 Å². The Hall–Kier alpha value is -3.61. The molecule has 3 heterocycles. The van der Waals surface area contributed by atoms with E-state index in [-0.39, 0.29) is 5.91 Å². The molecule has 0 saturated carbocycles. The third-order valence-electron chi connectivity index (χ3n) is 4.65. The quantitative estimate of drug-likeness (QED) is 0.537. The maximum Gasteiger partial charge on any atom is 0.257 e. The molecule has 0 aliphatic carbocycles. The second-order valence-corrected chi connectivity index (χ2v) is 6.41. The summed E-state index contributed by atoms with van der Waals surface area (Å²) in [6, 6.07) is 11.3. The van der Waals surface area contributed by atoms with Gasteiger partial charge in [-0.2, -0.15) is 0 Å². The summed E-state index contributed by atoms with van der Waals surface area (Å²) in [6.07, 6.45) is 4.30. The van der Waals surface area contributed by atoms with E-state index < -0.39 is 0 Å². The number of ether oxygens (including phenoxy) is 1. The van der Waals surface area contributed by atoms with Crippen LogP contribution < -0.4 is 10.1 Å². The van der Waals surface area contributed by atoms with E-state index in [9.17, 15) is 4.79 Å². The number of hydrogen-bond donors (Lipinski definition) is 2. The number of rotatable bonds is 6. The Labute approximate surface area is 161 Å². The third-order valence-corrected chi connectivity index (χ3v) is 4.65. The molecule has 0 aliphatic rings. The van der Waals surface area contributed by atoms with E-state index in [0.29, 0.717) is 35.7 Å². The number of aryl methyl sites for hydroxylation is 1. The lowest BCUT2D eigenvalue weighted by Crippen LogP contribution is -2.26. The summed E-state index contributed by atoms with van der Waals surface area (Å²) >= 11 is 0. The molecule has 0 aliphatic heterocycles. The normalized spacial score (nSPS) is 10.9. The van der Waals surface area contributed by atoms with Crippen molar-refractivity contribution in [2.24, 2.45) is 0 Å². The molecule has 142 valence electrons. The zero-order valence-electron chi connectivity index (χ0n) is 15.7. The highest BCUT2D eigenvalue weighted by molar-refractivity contribution is 6.00. The number of carbonyl (C=O) groups is 1. The van der Waals surface area contributed by atoms with Crippen molar-refractivity contribution in [2.45, 2.75) is 13.3 Å². The van der Waals surface area contributed by atoms with Crippen LogP contribution >= 0.6 is 0 Å². The number of nitrogens with zero attached hydrogens (tertiary/aromatic N) is 2. The number of fused-ring (bicyclic) bond motifs is 1. The van der Waals surface area contributed by atoms with E-state index >= 15 is 0 Å². The maximum atomic E-state index is 12.7. The lowest BCUT2D eigenvalue weighted by atomic mass is 10.1. The summed E-state index contributed by atoms with van der Waals surface area (Å²) < 4.78 is 10.5. The van der Waals surface area contributed by atoms with E-state index in [1.165, 1.54) is 0 Å². The van der Waals surface area contributed by atoms with Crippen molar-refractivity contribution in [2.75, 3.05) is 13.7 Å². The van der Waals surface area contributed by atoms with Crippen LogP contribution in [-0.2, 0) is 6.42 Å². The number of hydrogen-bond acceptors (Lipinski definition) is 5. The Bertz CT molecular complexity index is 1120. The third kappa shape index (κ3) is 3.34. The first-order valence-corrected chi connectivity index (χ1v) is 8.97. The number of nitrogens with one attached hydrogen (secondary N) is 2. The van der Waals surface area contributed by atoms with Gasteiger partial charge in [0.05, 0.1) is 12.8 Å². The Morgan fingerprint density at radius 3 is 2.96 bits per heavy atom. The Morgan fingerprint density at radius 2 is 2.18 bits per heavy atom. The molecular formula is C21H20N4O3. The van der Waals surface area contributed by atoms with E-state index in [2.05, 4.69) is 20.4 Å². The predicted octanol–water partition coefficient (Wildman–Crippen LogP) is 3.51. The molecule has 7 nitrogen and oxygen atoms in total. The molecule has 0 bridgehead atoms. The highest BCUT2D eigenvalue weighted by Gasteiger charge is 2.22. The lowest BCUT2D eigenvalue weighted by Gasteiger charge is -2.06. The van der Waals surface area contributed by atoms with Crippen LogP contribution in [0.3, 0.4) is 0 Å². The number of benzene rings is 1.